The fourth-order valence-electron chi connectivity index (χ4n) is 5.19. The predicted molar refractivity (Wildman–Crippen MR) is 191 cm³/mol. The highest BCUT2D eigenvalue weighted by Gasteiger charge is 2.27. The average Bonchev–Trinajstić information content (AvgIpc) is 3.05. The SMILES string of the molecule is CC(C)CCS(=O)(=O)c1ccc2c(S(=O)(=O)O)c(N=Nc3c(S(=O)(=O)O)cc4cc(OS(=O)O)cc(NC(=O)c5ccccc5)c4c3O)ccc2c1. The van der Waals surface area contributed by atoms with Gasteiger partial charge in [0, 0.05) is 22.4 Å². The summed E-state index contributed by atoms with van der Waals surface area (Å²) in [6.45, 7) is 3.72. The van der Waals surface area contributed by atoms with Crippen LogP contribution in [0.25, 0.3) is 21.5 Å². The molecular weight excluding hydrogens is 763 g/mol. The first kappa shape index (κ1) is 38.4. The molecule has 0 aliphatic carbocycles. The number of carbonyl (C=O) groups is 1. The molecule has 0 heterocycles. The number of benzene rings is 5. The van der Waals surface area contributed by atoms with Gasteiger partial charge in [-0.3, -0.25) is 18.5 Å². The third kappa shape index (κ3) is 8.44. The third-order valence-corrected chi connectivity index (χ3v) is 11.5. The number of hydrogen-bond donors (Lipinski definition) is 5. The number of carbonyl (C=O) groups excluding carboxylic acids is 1. The van der Waals surface area contributed by atoms with E-state index in [2.05, 4.69) is 15.5 Å². The number of azo groups is 1. The van der Waals surface area contributed by atoms with Gasteiger partial charge >= 0.3 is 11.4 Å². The molecule has 5 aromatic carbocycles. The van der Waals surface area contributed by atoms with Crippen molar-refractivity contribution in [1.82, 2.24) is 0 Å². The largest absolute Gasteiger partial charge is 0.505 e. The van der Waals surface area contributed by atoms with Gasteiger partial charge < -0.3 is 14.6 Å². The van der Waals surface area contributed by atoms with Crippen LogP contribution in [0.15, 0.2) is 104 Å². The van der Waals surface area contributed by atoms with Crippen LogP contribution >= 0.6 is 0 Å². The number of amides is 1. The Labute approximate surface area is 300 Å². The molecule has 0 saturated heterocycles. The zero-order chi connectivity index (χ0) is 38.2. The molecule has 0 saturated carbocycles. The van der Waals surface area contributed by atoms with Crippen molar-refractivity contribution >= 4 is 85.9 Å². The number of aromatic hydroxyl groups is 1. The van der Waals surface area contributed by atoms with Crippen LogP contribution < -0.4 is 9.50 Å². The van der Waals surface area contributed by atoms with E-state index < -0.39 is 74.3 Å². The smallest absolute Gasteiger partial charge is 0.357 e. The topological polar surface area (TPSA) is 263 Å². The highest BCUT2D eigenvalue weighted by Crippen LogP contribution is 2.46. The highest BCUT2D eigenvalue weighted by atomic mass is 32.2. The predicted octanol–water partition coefficient (Wildman–Crippen LogP) is 6.20. The maximum atomic E-state index is 13.1. The molecule has 16 nitrogen and oxygen atoms in total. The van der Waals surface area contributed by atoms with Gasteiger partial charge in [0.15, 0.2) is 15.6 Å². The van der Waals surface area contributed by atoms with Gasteiger partial charge in [-0.25, -0.2) is 8.42 Å². The van der Waals surface area contributed by atoms with Gasteiger partial charge in [-0.1, -0.05) is 44.2 Å². The Morgan fingerprint density at radius 3 is 2.17 bits per heavy atom. The summed E-state index contributed by atoms with van der Waals surface area (Å²) in [5, 5.41) is 20.9. The number of phenolic OH excluding ortho intramolecular Hbond substituents is 1. The number of rotatable bonds is 12. The number of hydrogen-bond acceptors (Lipinski definition) is 12. The van der Waals surface area contributed by atoms with E-state index in [4.69, 9.17) is 4.18 Å². The van der Waals surface area contributed by atoms with Crippen LogP contribution in [0.5, 0.6) is 11.5 Å². The summed E-state index contributed by atoms with van der Waals surface area (Å²) in [6, 6.07) is 16.4. The Hall–Kier alpha value is -4.83. The van der Waals surface area contributed by atoms with Gasteiger partial charge in [0.1, 0.15) is 26.9 Å². The second kappa shape index (κ2) is 14.7. The molecule has 0 aliphatic rings. The van der Waals surface area contributed by atoms with Crippen LogP contribution in [0.4, 0.5) is 17.1 Å². The lowest BCUT2D eigenvalue weighted by molar-refractivity contribution is 0.102. The zero-order valence-electron chi connectivity index (χ0n) is 27.0. The minimum Gasteiger partial charge on any atom is -0.505 e. The zero-order valence-corrected chi connectivity index (χ0v) is 30.3. The summed E-state index contributed by atoms with van der Waals surface area (Å²) in [6.07, 6.45) is 0.378. The van der Waals surface area contributed by atoms with E-state index in [1.165, 1.54) is 24.3 Å². The Balaban J connectivity index is 1.71. The minimum atomic E-state index is -5.24. The summed E-state index contributed by atoms with van der Waals surface area (Å²) in [4.78, 5) is 11.1. The van der Waals surface area contributed by atoms with Gasteiger partial charge in [-0.05, 0) is 65.6 Å². The Morgan fingerprint density at radius 2 is 1.56 bits per heavy atom. The van der Waals surface area contributed by atoms with Crippen molar-refractivity contribution < 1.29 is 57.2 Å². The van der Waals surface area contributed by atoms with Crippen molar-refractivity contribution in [2.75, 3.05) is 11.1 Å². The Morgan fingerprint density at radius 1 is 0.865 bits per heavy atom. The molecule has 1 atom stereocenters. The second-order valence-electron chi connectivity index (χ2n) is 11.7. The summed E-state index contributed by atoms with van der Waals surface area (Å²) in [5.41, 5.74) is -1.63. The second-order valence-corrected chi connectivity index (χ2v) is 17.2. The van der Waals surface area contributed by atoms with E-state index in [1.807, 2.05) is 13.8 Å². The fraction of sp³-hybridized carbons (Fsp3) is 0.156. The van der Waals surface area contributed by atoms with Crippen LogP contribution in [-0.2, 0) is 41.4 Å². The van der Waals surface area contributed by atoms with E-state index in [1.54, 1.807) is 18.2 Å². The Bertz CT molecular complexity index is 2630. The number of phenols is 1. The van der Waals surface area contributed by atoms with Crippen molar-refractivity contribution in [2.24, 2.45) is 16.1 Å². The first-order valence-electron chi connectivity index (χ1n) is 14.9. The van der Waals surface area contributed by atoms with Crippen LogP contribution in [0.1, 0.15) is 30.6 Å². The van der Waals surface area contributed by atoms with E-state index >= 15 is 0 Å². The van der Waals surface area contributed by atoms with E-state index in [9.17, 15) is 53.0 Å². The van der Waals surface area contributed by atoms with E-state index in [-0.39, 0.29) is 55.1 Å². The summed E-state index contributed by atoms with van der Waals surface area (Å²) in [7, 11) is -14.1. The molecule has 274 valence electrons. The standard InChI is InChI=1S/C32H29N3O13S4/c1-18(2)12-13-50(40,41)23-9-10-24-20(15-23)8-11-25(31(24)52(45,46)47)34-35-29-27(51(42,43)44)16-21-14-22(48-49(38)39)17-26(28(21)30(29)36)33-32(37)19-6-4-3-5-7-19/h3-11,14-18,36H,12-13H2,1-2H3,(H,33,37)(H,38,39)(H,42,43,44)(H,45,46,47). The quantitative estimate of drug-likeness (QED) is 0.0536. The molecular formula is C32H29N3O13S4. The molecule has 0 radical (unpaired) electrons. The normalized spacial score (nSPS) is 13.2. The maximum absolute atomic E-state index is 13.1. The lowest BCUT2D eigenvalue weighted by Crippen LogP contribution is -2.12. The molecule has 0 spiro atoms. The molecule has 5 rings (SSSR count). The Kier molecular flexibility index (Phi) is 10.8. The monoisotopic (exact) mass is 791 g/mol. The lowest BCUT2D eigenvalue weighted by Gasteiger charge is -2.15. The van der Waals surface area contributed by atoms with E-state index in [0.717, 1.165) is 36.4 Å². The van der Waals surface area contributed by atoms with Crippen molar-refractivity contribution in [3.8, 4) is 11.5 Å². The van der Waals surface area contributed by atoms with Crippen LogP contribution in [0.3, 0.4) is 0 Å². The number of fused-ring (bicyclic) bond motifs is 2. The molecule has 5 aromatic rings. The molecule has 52 heavy (non-hydrogen) atoms. The van der Waals surface area contributed by atoms with Crippen molar-refractivity contribution in [1.29, 1.82) is 0 Å². The molecule has 0 fully saturated rings. The molecule has 5 N–H and O–H groups in total. The summed E-state index contributed by atoms with van der Waals surface area (Å²) in [5.74, 6) is -2.15. The first-order valence-corrected chi connectivity index (χ1v) is 20.5. The van der Waals surface area contributed by atoms with Gasteiger partial charge in [0.25, 0.3) is 26.1 Å². The van der Waals surface area contributed by atoms with Gasteiger partial charge in [-0.15, -0.1) is 10.2 Å². The molecule has 0 bridgehead atoms. The maximum Gasteiger partial charge on any atom is 0.357 e. The van der Waals surface area contributed by atoms with Gasteiger partial charge in [0.05, 0.1) is 16.3 Å². The number of sulfone groups is 1. The van der Waals surface area contributed by atoms with Crippen LogP contribution in [-0.4, -0.2) is 59.9 Å². The van der Waals surface area contributed by atoms with Crippen LogP contribution in [0.2, 0.25) is 0 Å². The average molecular weight is 792 g/mol. The molecule has 0 aliphatic heterocycles. The third-order valence-electron chi connectivity index (χ3n) is 7.61. The first-order chi connectivity index (χ1) is 24.3. The summed E-state index contributed by atoms with van der Waals surface area (Å²) < 4.78 is 122. The number of nitrogens with one attached hydrogen (secondary N) is 1. The van der Waals surface area contributed by atoms with Crippen molar-refractivity contribution in [3.63, 3.8) is 0 Å². The highest BCUT2D eigenvalue weighted by molar-refractivity contribution is 7.91. The molecule has 1 amide bonds. The molecule has 1 unspecified atom stereocenters. The van der Waals surface area contributed by atoms with Crippen molar-refractivity contribution in [2.45, 2.75) is 35.0 Å². The van der Waals surface area contributed by atoms with Crippen molar-refractivity contribution in [3.05, 3.63) is 84.4 Å². The molecule has 0 aromatic heterocycles. The van der Waals surface area contributed by atoms with Gasteiger partial charge in [0.2, 0.25) is 0 Å². The lowest BCUT2D eigenvalue weighted by atomic mass is 10.0. The number of anilines is 1. The number of nitrogens with zero attached hydrogens (tertiary/aromatic N) is 2. The minimum absolute atomic E-state index is 0.0880. The fourth-order valence-corrected chi connectivity index (χ4v) is 8.54. The van der Waals surface area contributed by atoms with Gasteiger partial charge in [-0.2, -0.15) is 21.0 Å². The van der Waals surface area contributed by atoms with Crippen LogP contribution in [0, 0.1) is 5.92 Å². The summed E-state index contributed by atoms with van der Waals surface area (Å²) >= 11 is -2.88. The molecule has 20 heteroatoms. The van der Waals surface area contributed by atoms with E-state index in [0.29, 0.717) is 6.42 Å².